The lowest BCUT2D eigenvalue weighted by atomic mass is 9.88. The molecular formula is C27H29N5O2. The molecular weight excluding hydrogens is 426 g/mol. The van der Waals surface area contributed by atoms with Gasteiger partial charge in [0.25, 0.3) is 0 Å². The lowest BCUT2D eigenvalue weighted by Gasteiger charge is -2.36. The number of benzene rings is 1. The average molecular weight is 456 g/mol. The molecule has 0 radical (unpaired) electrons. The first kappa shape index (κ1) is 22.1. The van der Waals surface area contributed by atoms with Crippen LogP contribution in [0.3, 0.4) is 0 Å². The van der Waals surface area contributed by atoms with Crippen LogP contribution >= 0.6 is 0 Å². The molecule has 1 aliphatic heterocycles. The van der Waals surface area contributed by atoms with Gasteiger partial charge in [0.05, 0.1) is 5.56 Å². The predicted molar refractivity (Wildman–Crippen MR) is 134 cm³/mol. The summed E-state index contributed by atoms with van der Waals surface area (Å²) in [4.78, 5) is 22.6. The highest BCUT2D eigenvalue weighted by Crippen LogP contribution is 2.36. The van der Waals surface area contributed by atoms with Crippen LogP contribution in [0.2, 0.25) is 0 Å². The van der Waals surface area contributed by atoms with Gasteiger partial charge in [-0.05, 0) is 86.3 Å². The Labute approximate surface area is 198 Å². The van der Waals surface area contributed by atoms with Crippen LogP contribution in [0.1, 0.15) is 53.3 Å². The van der Waals surface area contributed by atoms with Gasteiger partial charge in [0.2, 0.25) is 0 Å². The number of nitrogens with zero attached hydrogens (tertiary/aromatic N) is 4. The van der Waals surface area contributed by atoms with Crippen molar-refractivity contribution in [3.8, 4) is 11.1 Å². The second kappa shape index (κ2) is 8.91. The van der Waals surface area contributed by atoms with Crippen LogP contribution in [0, 0.1) is 0 Å². The number of piperidine rings is 1. The van der Waals surface area contributed by atoms with E-state index in [-0.39, 0.29) is 6.04 Å². The number of carboxylic acid groups (broad SMARTS) is 1. The van der Waals surface area contributed by atoms with Gasteiger partial charge in [-0.1, -0.05) is 12.1 Å². The fraction of sp³-hybridized carbons (Fsp3) is 0.296. The van der Waals surface area contributed by atoms with E-state index in [1.165, 1.54) is 11.3 Å². The average Bonchev–Trinajstić information content (AvgIpc) is 3.21. The minimum absolute atomic E-state index is 0.256. The molecule has 0 saturated carbocycles. The van der Waals surface area contributed by atoms with Crippen molar-refractivity contribution in [2.45, 2.75) is 31.7 Å². The maximum Gasteiger partial charge on any atom is 0.335 e. The van der Waals surface area contributed by atoms with Gasteiger partial charge in [0.1, 0.15) is 11.5 Å². The molecule has 7 heteroatoms. The summed E-state index contributed by atoms with van der Waals surface area (Å²) in [5, 5.41) is 10.3. The number of nitrogens with two attached hydrogens (primary N) is 1. The summed E-state index contributed by atoms with van der Waals surface area (Å²) < 4.78 is 2.20. The van der Waals surface area contributed by atoms with Gasteiger partial charge in [0.15, 0.2) is 0 Å². The Morgan fingerprint density at radius 3 is 2.47 bits per heavy atom. The van der Waals surface area contributed by atoms with Gasteiger partial charge in [0, 0.05) is 42.1 Å². The SMILES string of the molecule is C[C@@H](c1cc2c(-c3ccc(N)nc3)ccnc2n1C)N1CCC(c2ccc(C(=O)O)cc2)CC1. The van der Waals surface area contributed by atoms with Crippen molar-refractivity contribution in [3.63, 3.8) is 0 Å². The second-order valence-electron chi connectivity index (χ2n) is 9.11. The quantitative estimate of drug-likeness (QED) is 0.446. The number of hydrogen-bond donors (Lipinski definition) is 2. The fourth-order valence-corrected chi connectivity index (χ4v) is 5.16. The smallest absolute Gasteiger partial charge is 0.335 e. The molecule has 34 heavy (non-hydrogen) atoms. The van der Waals surface area contributed by atoms with E-state index in [1.807, 2.05) is 42.7 Å². The molecule has 1 saturated heterocycles. The Morgan fingerprint density at radius 2 is 1.82 bits per heavy atom. The van der Waals surface area contributed by atoms with Crippen LogP contribution in [0.4, 0.5) is 5.82 Å². The van der Waals surface area contributed by atoms with E-state index in [9.17, 15) is 4.79 Å². The number of hydrogen-bond acceptors (Lipinski definition) is 5. The van der Waals surface area contributed by atoms with Crippen molar-refractivity contribution in [1.82, 2.24) is 19.4 Å². The Morgan fingerprint density at radius 1 is 1.09 bits per heavy atom. The molecule has 0 amide bonds. The maximum atomic E-state index is 11.1. The number of fused-ring (bicyclic) bond motifs is 1. The Hall–Kier alpha value is -3.71. The normalized spacial score (nSPS) is 16.1. The third kappa shape index (κ3) is 4.03. The first-order chi connectivity index (χ1) is 16.4. The summed E-state index contributed by atoms with van der Waals surface area (Å²) in [6.07, 6.45) is 5.78. The summed E-state index contributed by atoms with van der Waals surface area (Å²) in [7, 11) is 2.09. The highest BCUT2D eigenvalue weighted by Gasteiger charge is 2.27. The fourth-order valence-electron chi connectivity index (χ4n) is 5.16. The van der Waals surface area contributed by atoms with Gasteiger partial charge >= 0.3 is 5.97 Å². The number of rotatable bonds is 5. The Bertz CT molecular complexity index is 1320. The molecule has 3 aromatic heterocycles. The van der Waals surface area contributed by atoms with Crippen LogP contribution in [0.25, 0.3) is 22.2 Å². The lowest BCUT2D eigenvalue weighted by molar-refractivity contribution is 0.0697. The van der Waals surface area contributed by atoms with Crippen molar-refractivity contribution in [2.75, 3.05) is 18.8 Å². The zero-order valence-electron chi connectivity index (χ0n) is 19.5. The van der Waals surface area contributed by atoms with Gasteiger partial charge in [-0.3, -0.25) is 4.90 Å². The summed E-state index contributed by atoms with van der Waals surface area (Å²) >= 11 is 0. The van der Waals surface area contributed by atoms with Crippen LogP contribution in [0.5, 0.6) is 0 Å². The van der Waals surface area contributed by atoms with Crippen molar-refractivity contribution >= 4 is 22.8 Å². The summed E-state index contributed by atoms with van der Waals surface area (Å²) in [5.41, 5.74) is 11.7. The monoisotopic (exact) mass is 455 g/mol. The minimum atomic E-state index is -0.879. The molecule has 4 heterocycles. The predicted octanol–water partition coefficient (Wildman–Crippen LogP) is 4.86. The first-order valence-electron chi connectivity index (χ1n) is 11.7. The molecule has 0 bridgehead atoms. The molecule has 5 rings (SSSR count). The number of nitrogen functional groups attached to an aromatic ring is 1. The molecule has 0 aliphatic carbocycles. The highest BCUT2D eigenvalue weighted by molar-refractivity contribution is 5.94. The van der Waals surface area contributed by atoms with Gasteiger partial charge < -0.3 is 15.4 Å². The summed E-state index contributed by atoms with van der Waals surface area (Å²) in [5.74, 6) is 0.0955. The molecule has 3 N–H and O–H groups in total. The maximum absolute atomic E-state index is 11.1. The standard InChI is InChI=1S/C27H29N5O2/c1-17(32-13-10-19(11-14-32)18-3-5-20(6-4-18)27(33)34)24-15-23-22(9-12-29-26(23)31(24)2)21-7-8-25(28)30-16-21/h3-9,12,15-17,19H,10-11,13-14H2,1-2H3,(H2,28,30)(H,33,34)/t17-/m0/s1. The van der Waals surface area contributed by atoms with Crippen LogP contribution in [-0.4, -0.2) is 43.6 Å². The van der Waals surface area contributed by atoms with E-state index in [1.54, 1.807) is 12.1 Å². The molecule has 4 aromatic rings. The third-order valence-electron chi connectivity index (χ3n) is 7.20. The van der Waals surface area contributed by atoms with Gasteiger partial charge in [-0.2, -0.15) is 0 Å². The number of pyridine rings is 2. The molecule has 174 valence electrons. The van der Waals surface area contributed by atoms with Gasteiger partial charge in [-0.25, -0.2) is 14.8 Å². The number of likely N-dealkylation sites (tertiary alicyclic amines) is 1. The Kier molecular flexibility index (Phi) is 5.79. The van der Waals surface area contributed by atoms with Crippen molar-refractivity contribution < 1.29 is 9.90 Å². The van der Waals surface area contributed by atoms with E-state index in [2.05, 4.69) is 39.5 Å². The van der Waals surface area contributed by atoms with Crippen LogP contribution in [0.15, 0.2) is 60.9 Å². The van der Waals surface area contributed by atoms with E-state index in [0.29, 0.717) is 17.3 Å². The zero-order valence-corrected chi connectivity index (χ0v) is 19.5. The van der Waals surface area contributed by atoms with Gasteiger partial charge in [-0.15, -0.1) is 0 Å². The highest BCUT2D eigenvalue weighted by atomic mass is 16.4. The third-order valence-corrected chi connectivity index (χ3v) is 7.20. The largest absolute Gasteiger partial charge is 0.478 e. The van der Waals surface area contributed by atoms with E-state index >= 15 is 0 Å². The van der Waals surface area contributed by atoms with Crippen LogP contribution < -0.4 is 5.73 Å². The topological polar surface area (TPSA) is 97.3 Å². The Balaban J connectivity index is 1.35. The molecule has 1 aromatic carbocycles. The van der Waals surface area contributed by atoms with Crippen LogP contribution in [-0.2, 0) is 7.05 Å². The summed E-state index contributed by atoms with van der Waals surface area (Å²) in [6, 6.07) is 15.7. The number of anilines is 1. The van der Waals surface area contributed by atoms with E-state index in [4.69, 9.17) is 10.8 Å². The number of aromatic nitrogens is 3. The minimum Gasteiger partial charge on any atom is -0.478 e. The number of carbonyl (C=O) groups is 1. The van der Waals surface area contributed by atoms with E-state index < -0.39 is 5.97 Å². The number of aromatic carboxylic acids is 1. The first-order valence-corrected chi connectivity index (χ1v) is 11.7. The lowest BCUT2D eigenvalue weighted by Crippen LogP contribution is -2.35. The zero-order chi connectivity index (χ0) is 23.8. The van der Waals surface area contributed by atoms with Crippen molar-refractivity contribution in [3.05, 3.63) is 77.7 Å². The molecule has 0 spiro atoms. The molecule has 1 aliphatic rings. The summed E-state index contributed by atoms with van der Waals surface area (Å²) in [6.45, 7) is 4.26. The molecule has 0 unspecified atom stereocenters. The number of carboxylic acids is 1. The molecule has 1 atom stereocenters. The van der Waals surface area contributed by atoms with Crippen molar-refractivity contribution in [1.29, 1.82) is 0 Å². The molecule has 7 nitrogen and oxygen atoms in total. The second-order valence-corrected chi connectivity index (χ2v) is 9.11. The molecule has 1 fully saturated rings. The van der Waals surface area contributed by atoms with E-state index in [0.717, 1.165) is 48.1 Å². The number of aryl methyl sites for hydroxylation is 1. The van der Waals surface area contributed by atoms with Crippen molar-refractivity contribution in [2.24, 2.45) is 7.05 Å².